The minimum atomic E-state index is -0.507. The van der Waals surface area contributed by atoms with Gasteiger partial charge in [0.05, 0.1) is 25.7 Å². The van der Waals surface area contributed by atoms with E-state index < -0.39 is 10.8 Å². The van der Waals surface area contributed by atoms with E-state index in [1.807, 2.05) is 0 Å². The molecule has 0 unspecified atom stereocenters. The van der Waals surface area contributed by atoms with Gasteiger partial charge in [0.25, 0.3) is 11.6 Å². The van der Waals surface area contributed by atoms with Gasteiger partial charge in [0.1, 0.15) is 11.6 Å². The third-order valence-corrected chi connectivity index (χ3v) is 5.19. The molecular formula is C19H13FN4O3S. The fourth-order valence-electron chi connectivity index (χ4n) is 2.82. The summed E-state index contributed by atoms with van der Waals surface area (Å²) in [6.45, 7) is 1.60. The number of aromatic nitrogens is 2. The number of nitrogens with one attached hydrogen (secondary N) is 2. The number of amides is 1. The first-order valence-corrected chi connectivity index (χ1v) is 9.04. The third kappa shape index (κ3) is 3.35. The monoisotopic (exact) mass is 396 g/mol. The van der Waals surface area contributed by atoms with Crippen molar-refractivity contribution in [1.82, 2.24) is 9.97 Å². The SMILES string of the molecule is Cc1sc(C(=O)Nc2ccc3nc(-c4cccc(F)c4)[nH]c3c2)cc1[N+](=O)[O-]. The van der Waals surface area contributed by atoms with Crippen molar-refractivity contribution in [1.29, 1.82) is 0 Å². The first-order chi connectivity index (χ1) is 13.4. The van der Waals surface area contributed by atoms with Crippen molar-refractivity contribution >= 4 is 39.7 Å². The summed E-state index contributed by atoms with van der Waals surface area (Å²) < 4.78 is 13.4. The van der Waals surface area contributed by atoms with Crippen LogP contribution in [0.2, 0.25) is 0 Å². The third-order valence-electron chi connectivity index (χ3n) is 4.15. The highest BCUT2D eigenvalue weighted by Crippen LogP contribution is 2.29. The van der Waals surface area contributed by atoms with Crippen LogP contribution in [0.1, 0.15) is 14.5 Å². The van der Waals surface area contributed by atoms with Crippen molar-refractivity contribution in [3.05, 3.63) is 74.2 Å². The largest absolute Gasteiger partial charge is 0.338 e. The van der Waals surface area contributed by atoms with Gasteiger partial charge in [-0.1, -0.05) is 12.1 Å². The minimum absolute atomic E-state index is 0.0705. The maximum Gasteiger partial charge on any atom is 0.283 e. The number of thiophene rings is 1. The van der Waals surface area contributed by atoms with Crippen LogP contribution in [-0.4, -0.2) is 20.8 Å². The number of rotatable bonds is 4. The molecule has 0 bridgehead atoms. The zero-order valence-corrected chi connectivity index (χ0v) is 15.3. The number of benzene rings is 2. The number of hydrogen-bond acceptors (Lipinski definition) is 5. The lowest BCUT2D eigenvalue weighted by atomic mass is 10.2. The van der Waals surface area contributed by atoms with E-state index in [9.17, 15) is 19.3 Å². The molecule has 2 aromatic heterocycles. The Kier molecular flexibility index (Phi) is 4.36. The highest BCUT2D eigenvalue weighted by atomic mass is 32.1. The lowest BCUT2D eigenvalue weighted by molar-refractivity contribution is -0.385. The smallest absolute Gasteiger partial charge is 0.283 e. The summed E-state index contributed by atoms with van der Waals surface area (Å²) in [6.07, 6.45) is 0. The molecule has 2 aromatic carbocycles. The van der Waals surface area contributed by atoms with Crippen molar-refractivity contribution in [3.63, 3.8) is 0 Å². The fourth-order valence-corrected chi connectivity index (χ4v) is 3.70. The second kappa shape index (κ2) is 6.86. The number of aromatic amines is 1. The summed E-state index contributed by atoms with van der Waals surface area (Å²) in [4.78, 5) is 31.1. The normalized spacial score (nSPS) is 10.9. The number of imidazole rings is 1. The fraction of sp³-hybridized carbons (Fsp3) is 0.0526. The minimum Gasteiger partial charge on any atom is -0.338 e. The van der Waals surface area contributed by atoms with E-state index in [2.05, 4.69) is 15.3 Å². The molecule has 0 aliphatic heterocycles. The van der Waals surface area contributed by atoms with Gasteiger partial charge in [-0.05, 0) is 37.3 Å². The molecule has 0 aliphatic rings. The summed E-state index contributed by atoms with van der Waals surface area (Å²) in [7, 11) is 0. The zero-order chi connectivity index (χ0) is 19.8. The van der Waals surface area contributed by atoms with Crippen LogP contribution in [-0.2, 0) is 0 Å². The lowest BCUT2D eigenvalue weighted by Gasteiger charge is -2.02. The summed E-state index contributed by atoms with van der Waals surface area (Å²) >= 11 is 1.07. The van der Waals surface area contributed by atoms with E-state index >= 15 is 0 Å². The predicted octanol–water partition coefficient (Wildman–Crippen LogP) is 4.90. The Morgan fingerprint density at radius 3 is 2.79 bits per heavy atom. The summed E-state index contributed by atoms with van der Waals surface area (Å²) in [5.74, 6) is -0.265. The number of nitro groups is 1. The van der Waals surface area contributed by atoms with Crippen LogP contribution in [0.25, 0.3) is 22.4 Å². The van der Waals surface area contributed by atoms with Crippen molar-refractivity contribution < 1.29 is 14.1 Å². The van der Waals surface area contributed by atoms with Gasteiger partial charge in [0.15, 0.2) is 0 Å². The van der Waals surface area contributed by atoms with Gasteiger partial charge in [-0.3, -0.25) is 14.9 Å². The Hall–Kier alpha value is -3.59. The molecule has 0 saturated heterocycles. The van der Waals surface area contributed by atoms with Gasteiger partial charge < -0.3 is 10.3 Å². The molecule has 0 aliphatic carbocycles. The molecule has 0 fully saturated rings. The van der Waals surface area contributed by atoms with E-state index in [1.165, 1.54) is 18.2 Å². The Balaban J connectivity index is 1.60. The number of anilines is 1. The first-order valence-electron chi connectivity index (χ1n) is 8.22. The van der Waals surface area contributed by atoms with Crippen LogP contribution < -0.4 is 5.32 Å². The quantitative estimate of drug-likeness (QED) is 0.378. The Bertz CT molecular complexity index is 1230. The van der Waals surface area contributed by atoms with E-state index in [1.54, 1.807) is 37.3 Å². The molecule has 4 rings (SSSR count). The second-order valence-electron chi connectivity index (χ2n) is 6.09. The molecule has 0 saturated carbocycles. The van der Waals surface area contributed by atoms with Gasteiger partial charge in [-0.2, -0.15) is 0 Å². The zero-order valence-electron chi connectivity index (χ0n) is 14.5. The van der Waals surface area contributed by atoms with Crippen LogP contribution in [0.3, 0.4) is 0 Å². The maximum absolute atomic E-state index is 13.4. The van der Waals surface area contributed by atoms with Gasteiger partial charge in [0.2, 0.25) is 0 Å². The van der Waals surface area contributed by atoms with Crippen LogP contribution in [0.5, 0.6) is 0 Å². The van der Waals surface area contributed by atoms with E-state index in [-0.39, 0.29) is 16.4 Å². The van der Waals surface area contributed by atoms with E-state index in [4.69, 9.17) is 0 Å². The van der Waals surface area contributed by atoms with Gasteiger partial charge in [-0.25, -0.2) is 9.37 Å². The number of halogens is 1. The highest BCUT2D eigenvalue weighted by molar-refractivity contribution is 7.14. The summed E-state index contributed by atoms with van der Waals surface area (Å²) in [5, 5.41) is 13.7. The molecule has 4 aromatic rings. The standard InChI is InChI=1S/C19H13FN4O3S/c1-10-16(24(26)27)9-17(28-10)19(25)21-13-5-6-14-15(8-13)23-18(22-14)11-3-2-4-12(20)7-11/h2-9H,1H3,(H,21,25)(H,22,23). The summed E-state index contributed by atoms with van der Waals surface area (Å²) in [5.41, 5.74) is 2.40. The van der Waals surface area contributed by atoms with Gasteiger partial charge >= 0.3 is 0 Å². The molecule has 9 heteroatoms. The maximum atomic E-state index is 13.4. The van der Waals surface area contributed by atoms with Crippen LogP contribution >= 0.6 is 11.3 Å². The number of H-pyrrole nitrogens is 1. The molecule has 140 valence electrons. The van der Waals surface area contributed by atoms with Crippen molar-refractivity contribution in [2.45, 2.75) is 6.92 Å². The first kappa shape index (κ1) is 17.8. The summed E-state index contributed by atoms with van der Waals surface area (Å²) in [6, 6.07) is 12.5. The number of aryl methyl sites for hydroxylation is 1. The molecule has 7 nitrogen and oxygen atoms in total. The molecule has 1 amide bonds. The predicted molar refractivity (Wildman–Crippen MR) is 105 cm³/mol. The lowest BCUT2D eigenvalue weighted by Crippen LogP contribution is -2.09. The molecule has 2 heterocycles. The Labute approximate surface area is 162 Å². The molecule has 28 heavy (non-hydrogen) atoms. The number of fused-ring (bicyclic) bond motifs is 1. The molecule has 2 N–H and O–H groups in total. The molecule has 0 atom stereocenters. The molecular weight excluding hydrogens is 383 g/mol. The van der Waals surface area contributed by atoms with E-state index in [0.29, 0.717) is 33.0 Å². The van der Waals surface area contributed by atoms with Gasteiger partial charge in [-0.15, -0.1) is 11.3 Å². The van der Waals surface area contributed by atoms with Crippen LogP contribution in [0, 0.1) is 22.9 Å². The topological polar surface area (TPSA) is 101 Å². The van der Waals surface area contributed by atoms with Crippen LogP contribution in [0.4, 0.5) is 15.8 Å². The number of carbonyl (C=O) groups excluding carboxylic acids is 1. The second-order valence-corrected chi connectivity index (χ2v) is 7.35. The van der Waals surface area contributed by atoms with Gasteiger partial charge in [0, 0.05) is 17.3 Å². The Morgan fingerprint density at radius 1 is 1.25 bits per heavy atom. The Morgan fingerprint density at radius 2 is 2.07 bits per heavy atom. The van der Waals surface area contributed by atoms with Crippen molar-refractivity contribution in [2.24, 2.45) is 0 Å². The average Bonchev–Trinajstić information content (AvgIpc) is 3.25. The van der Waals surface area contributed by atoms with Crippen LogP contribution in [0.15, 0.2) is 48.5 Å². The molecule has 0 radical (unpaired) electrons. The van der Waals surface area contributed by atoms with Crippen molar-refractivity contribution in [3.8, 4) is 11.4 Å². The van der Waals surface area contributed by atoms with Crippen molar-refractivity contribution in [2.75, 3.05) is 5.32 Å². The highest BCUT2D eigenvalue weighted by Gasteiger charge is 2.19. The van der Waals surface area contributed by atoms with E-state index in [0.717, 1.165) is 11.3 Å². The number of carbonyl (C=O) groups is 1. The molecule has 0 spiro atoms. The number of nitrogens with zero attached hydrogens (tertiary/aromatic N) is 2. The average molecular weight is 396 g/mol. The number of hydrogen-bond donors (Lipinski definition) is 2.